The highest BCUT2D eigenvalue weighted by molar-refractivity contribution is 7.47. The van der Waals surface area contributed by atoms with Crippen LogP contribution in [0.15, 0.2) is 24.3 Å². The zero-order valence-electron chi connectivity index (χ0n) is 43.2. The number of allylic oxidation sites excluding steroid dienone is 4. The molecule has 0 bridgehead atoms. The number of aliphatic hydroxyl groups excluding tert-OH is 3. The van der Waals surface area contributed by atoms with Crippen molar-refractivity contribution in [1.82, 2.24) is 0 Å². The second-order valence-electron chi connectivity index (χ2n) is 19.1. The van der Waals surface area contributed by atoms with E-state index in [-0.39, 0.29) is 19.4 Å². The third-order valence-electron chi connectivity index (χ3n) is 12.5. The largest absolute Gasteiger partial charge is 0.472 e. The Morgan fingerprint density at radius 1 is 0.433 bits per heavy atom. The first-order valence-corrected chi connectivity index (χ1v) is 29.4. The van der Waals surface area contributed by atoms with Crippen LogP contribution in [-0.2, 0) is 32.7 Å². The maximum absolute atomic E-state index is 12.7. The Hall–Kier alpha value is -1.59. The summed E-state index contributed by atoms with van der Waals surface area (Å²) in [5.41, 5.74) is 0. The standard InChI is InChI=1S/C55H105O11P/c1-3-5-7-9-11-13-15-17-19-21-23-25-27-29-31-33-35-37-39-41-43-45-54(59)63-48-51(49-64-67(61,62)65-50-53(58)52(57)47-56)66-55(60)46-44-42-40-38-36-34-32-30-28-26-24-22-20-18-16-14-12-10-8-6-4-2/h27-30,51-53,56-58H,3-26,31-50H2,1-2H3,(H,61,62)/b29-27?,30-28-/t51-,52-,53-/m1/s1. The molecule has 4 N–H and O–H groups in total. The summed E-state index contributed by atoms with van der Waals surface area (Å²) in [5, 5.41) is 28.2. The molecule has 1 unspecified atom stereocenters. The van der Waals surface area contributed by atoms with Crippen LogP contribution >= 0.6 is 7.82 Å². The lowest BCUT2D eigenvalue weighted by atomic mass is 10.0. The summed E-state index contributed by atoms with van der Waals surface area (Å²) in [5.74, 6) is -0.976. The molecule has 396 valence electrons. The minimum atomic E-state index is -4.74. The van der Waals surface area contributed by atoms with Gasteiger partial charge < -0.3 is 29.7 Å². The van der Waals surface area contributed by atoms with Crippen molar-refractivity contribution in [2.75, 3.05) is 26.4 Å². The molecule has 0 aromatic rings. The molecule has 0 amide bonds. The van der Waals surface area contributed by atoms with Crippen molar-refractivity contribution in [3.63, 3.8) is 0 Å². The summed E-state index contributed by atoms with van der Waals surface area (Å²) < 4.78 is 33.1. The molecule has 0 aliphatic carbocycles. The third kappa shape index (κ3) is 49.2. The van der Waals surface area contributed by atoms with Crippen LogP contribution in [0.2, 0.25) is 0 Å². The van der Waals surface area contributed by atoms with Gasteiger partial charge in [-0.2, -0.15) is 0 Å². The van der Waals surface area contributed by atoms with E-state index in [1.54, 1.807) is 0 Å². The molecule has 67 heavy (non-hydrogen) atoms. The van der Waals surface area contributed by atoms with Crippen LogP contribution in [0.5, 0.6) is 0 Å². The molecule has 0 aromatic heterocycles. The van der Waals surface area contributed by atoms with E-state index in [9.17, 15) is 29.3 Å². The fourth-order valence-electron chi connectivity index (χ4n) is 8.04. The van der Waals surface area contributed by atoms with Gasteiger partial charge in [0.25, 0.3) is 0 Å². The van der Waals surface area contributed by atoms with Crippen LogP contribution < -0.4 is 0 Å². The molecular formula is C55H105O11P. The Kier molecular flexibility index (Phi) is 49.6. The molecule has 12 heteroatoms. The summed E-state index contributed by atoms with van der Waals surface area (Å²) >= 11 is 0. The van der Waals surface area contributed by atoms with E-state index in [0.29, 0.717) is 12.8 Å². The first-order valence-electron chi connectivity index (χ1n) is 27.9. The number of aliphatic hydroxyl groups is 3. The van der Waals surface area contributed by atoms with E-state index in [1.165, 1.54) is 161 Å². The number of hydrogen-bond donors (Lipinski definition) is 4. The number of esters is 2. The van der Waals surface area contributed by atoms with Crippen LogP contribution in [0.1, 0.15) is 271 Å². The van der Waals surface area contributed by atoms with Gasteiger partial charge in [-0.25, -0.2) is 4.57 Å². The lowest BCUT2D eigenvalue weighted by Crippen LogP contribution is -2.33. The number of unbranched alkanes of at least 4 members (excludes halogenated alkanes) is 34. The van der Waals surface area contributed by atoms with Crippen LogP contribution in [0.25, 0.3) is 0 Å². The molecule has 0 rings (SSSR count). The molecule has 0 aliphatic rings. The lowest BCUT2D eigenvalue weighted by molar-refractivity contribution is -0.161. The number of carbonyl (C=O) groups excluding carboxylic acids is 2. The molecule has 0 saturated carbocycles. The van der Waals surface area contributed by atoms with Gasteiger partial charge in [-0.15, -0.1) is 0 Å². The molecule has 11 nitrogen and oxygen atoms in total. The average Bonchev–Trinajstić information content (AvgIpc) is 3.32. The highest BCUT2D eigenvalue weighted by Crippen LogP contribution is 2.43. The topological polar surface area (TPSA) is 169 Å². The normalized spacial score (nSPS) is 14.2. The van der Waals surface area contributed by atoms with Crippen molar-refractivity contribution >= 4 is 19.8 Å². The lowest BCUT2D eigenvalue weighted by Gasteiger charge is -2.21. The van der Waals surface area contributed by atoms with Crippen LogP contribution in [-0.4, -0.2) is 76.9 Å². The second kappa shape index (κ2) is 50.8. The van der Waals surface area contributed by atoms with E-state index < -0.39 is 57.9 Å². The molecule has 0 aromatic carbocycles. The summed E-state index contributed by atoms with van der Waals surface area (Å²) in [6.07, 6.45) is 52.1. The van der Waals surface area contributed by atoms with Gasteiger partial charge in [0.2, 0.25) is 0 Å². The number of rotatable bonds is 53. The summed E-state index contributed by atoms with van der Waals surface area (Å²) in [4.78, 5) is 35.4. The van der Waals surface area contributed by atoms with Gasteiger partial charge in [-0.05, 0) is 64.2 Å². The van der Waals surface area contributed by atoms with Gasteiger partial charge in [0.15, 0.2) is 6.10 Å². The Bertz CT molecular complexity index is 1180. The van der Waals surface area contributed by atoms with Crippen molar-refractivity contribution < 1.29 is 52.9 Å². The van der Waals surface area contributed by atoms with E-state index >= 15 is 0 Å². The third-order valence-corrected chi connectivity index (χ3v) is 13.4. The zero-order valence-corrected chi connectivity index (χ0v) is 44.1. The van der Waals surface area contributed by atoms with Gasteiger partial charge in [-0.3, -0.25) is 18.6 Å². The number of hydrogen-bond acceptors (Lipinski definition) is 10. The van der Waals surface area contributed by atoms with Crippen molar-refractivity contribution in [2.45, 2.75) is 289 Å². The van der Waals surface area contributed by atoms with E-state index in [2.05, 4.69) is 38.2 Å². The zero-order chi connectivity index (χ0) is 49.2. The molecule has 0 radical (unpaired) electrons. The Labute approximate surface area is 411 Å². The van der Waals surface area contributed by atoms with Gasteiger partial charge in [0, 0.05) is 12.8 Å². The maximum Gasteiger partial charge on any atom is 0.472 e. The van der Waals surface area contributed by atoms with E-state index in [1.807, 2.05) is 0 Å². The van der Waals surface area contributed by atoms with Gasteiger partial charge in [-0.1, -0.05) is 218 Å². The smallest absolute Gasteiger partial charge is 0.462 e. The number of carbonyl (C=O) groups is 2. The molecule has 0 spiro atoms. The average molecular weight is 973 g/mol. The minimum absolute atomic E-state index is 0.153. The molecule has 0 saturated heterocycles. The highest BCUT2D eigenvalue weighted by atomic mass is 31.2. The molecular weight excluding hydrogens is 868 g/mol. The van der Waals surface area contributed by atoms with Crippen LogP contribution in [0.3, 0.4) is 0 Å². The molecule has 0 fully saturated rings. The Morgan fingerprint density at radius 3 is 1.10 bits per heavy atom. The Balaban J connectivity index is 4.26. The van der Waals surface area contributed by atoms with Crippen LogP contribution in [0, 0.1) is 0 Å². The minimum Gasteiger partial charge on any atom is -0.462 e. The van der Waals surface area contributed by atoms with E-state index in [0.717, 1.165) is 70.6 Å². The maximum atomic E-state index is 12.7. The first-order chi connectivity index (χ1) is 32.6. The molecule has 4 atom stereocenters. The van der Waals surface area contributed by atoms with Gasteiger partial charge in [0.1, 0.15) is 18.8 Å². The summed E-state index contributed by atoms with van der Waals surface area (Å²) in [7, 11) is -4.74. The number of ether oxygens (including phenoxy) is 2. The first kappa shape index (κ1) is 65.4. The second-order valence-corrected chi connectivity index (χ2v) is 20.5. The van der Waals surface area contributed by atoms with Crippen LogP contribution in [0.4, 0.5) is 0 Å². The highest BCUT2D eigenvalue weighted by Gasteiger charge is 2.28. The number of phosphoric acid groups is 1. The predicted octanol–water partition coefficient (Wildman–Crippen LogP) is 15.0. The van der Waals surface area contributed by atoms with Crippen molar-refractivity contribution in [3.05, 3.63) is 24.3 Å². The predicted molar refractivity (Wildman–Crippen MR) is 276 cm³/mol. The van der Waals surface area contributed by atoms with E-state index in [4.69, 9.17) is 23.6 Å². The van der Waals surface area contributed by atoms with Crippen molar-refractivity contribution in [2.24, 2.45) is 0 Å². The monoisotopic (exact) mass is 973 g/mol. The van der Waals surface area contributed by atoms with Gasteiger partial charge >= 0.3 is 19.8 Å². The number of phosphoric ester groups is 1. The fraction of sp³-hybridized carbons (Fsp3) is 0.891. The molecule has 0 heterocycles. The quantitative estimate of drug-likeness (QED) is 0.0198. The fourth-order valence-corrected chi connectivity index (χ4v) is 8.81. The summed E-state index contributed by atoms with van der Waals surface area (Å²) in [6.45, 7) is 2.06. The SMILES string of the molecule is CCCCCCCCCCCCCC=CCCCCCCCCC(=O)OC[C@H](COP(=O)(O)OC[C@@H](O)[C@H](O)CO)OC(=O)CCCCCCCC/C=C\CCCCCCCCCCCCC. The Morgan fingerprint density at radius 2 is 0.746 bits per heavy atom. The summed E-state index contributed by atoms with van der Waals surface area (Å²) in [6, 6.07) is 0. The van der Waals surface area contributed by atoms with Crippen molar-refractivity contribution in [3.8, 4) is 0 Å². The van der Waals surface area contributed by atoms with Gasteiger partial charge in [0.05, 0.1) is 19.8 Å². The molecule has 0 aliphatic heterocycles. The van der Waals surface area contributed by atoms with Crippen molar-refractivity contribution in [1.29, 1.82) is 0 Å².